The second-order valence-electron chi connectivity index (χ2n) is 6.11. The van der Waals surface area contributed by atoms with Crippen LogP contribution in [0.3, 0.4) is 0 Å². The van der Waals surface area contributed by atoms with Crippen LogP contribution in [0.4, 0.5) is 10.5 Å². The summed E-state index contributed by atoms with van der Waals surface area (Å²) in [5.74, 6) is 0.633. The van der Waals surface area contributed by atoms with Crippen LogP contribution in [0, 0.1) is 0 Å². The largest absolute Gasteiger partial charge is 0.485 e. The Morgan fingerprint density at radius 3 is 2.76 bits per heavy atom. The van der Waals surface area contributed by atoms with Crippen LogP contribution in [-0.4, -0.2) is 35.8 Å². The van der Waals surface area contributed by atoms with Gasteiger partial charge in [-0.1, -0.05) is 6.07 Å². The summed E-state index contributed by atoms with van der Waals surface area (Å²) < 4.78 is 12.1. The summed E-state index contributed by atoms with van der Waals surface area (Å²) in [4.78, 5) is 13.7. The van der Waals surface area contributed by atoms with Crippen LogP contribution < -0.4 is 10.5 Å². The van der Waals surface area contributed by atoms with E-state index in [9.17, 15) is 4.79 Å². The van der Waals surface area contributed by atoms with E-state index in [1.807, 2.05) is 32.9 Å². The third kappa shape index (κ3) is 4.27. The number of nitrogens with two attached hydrogens (primary N) is 1. The van der Waals surface area contributed by atoms with Gasteiger partial charge in [0.25, 0.3) is 0 Å². The maximum Gasteiger partial charge on any atom is 0.410 e. The Hall–Kier alpha value is -1.43. The molecule has 0 bridgehead atoms. The smallest absolute Gasteiger partial charge is 0.410 e. The molecule has 1 fully saturated rings. The van der Waals surface area contributed by atoms with Gasteiger partial charge in [-0.05, 0) is 48.8 Å². The number of likely N-dealkylation sites (tertiary alicyclic amines) is 1. The first kappa shape index (κ1) is 15.9. The van der Waals surface area contributed by atoms with E-state index >= 15 is 0 Å². The highest BCUT2D eigenvalue weighted by Gasteiger charge is 2.31. The second-order valence-corrected chi connectivity index (χ2v) is 6.97. The molecular formula is C15H21BrN2O3. The summed E-state index contributed by atoms with van der Waals surface area (Å²) in [6.07, 6.45) is 0.396. The molecule has 21 heavy (non-hydrogen) atoms. The van der Waals surface area contributed by atoms with Gasteiger partial charge in [-0.3, -0.25) is 0 Å². The molecule has 5 nitrogen and oxygen atoms in total. The lowest BCUT2D eigenvalue weighted by Gasteiger charge is -2.24. The summed E-state index contributed by atoms with van der Waals surface area (Å²) in [5.41, 5.74) is 6.02. The number of nitrogens with zero attached hydrogens (tertiary/aromatic N) is 1. The number of halogens is 1. The minimum Gasteiger partial charge on any atom is -0.485 e. The van der Waals surface area contributed by atoms with Crippen molar-refractivity contribution in [2.24, 2.45) is 0 Å². The van der Waals surface area contributed by atoms with Crippen LogP contribution in [0.5, 0.6) is 5.75 Å². The third-order valence-corrected chi connectivity index (χ3v) is 3.70. The Kier molecular flexibility index (Phi) is 4.66. The Labute approximate surface area is 133 Å². The molecule has 1 aliphatic heterocycles. The van der Waals surface area contributed by atoms with Crippen molar-refractivity contribution in [1.29, 1.82) is 0 Å². The van der Waals surface area contributed by atoms with Gasteiger partial charge in [0.05, 0.1) is 16.7 Å². The normalized spacial score (nSPS) is 18.7. The number of benzene rings is 1. The summed E-state index contributed by atoms with van der Waals surface area (Å²) >= 11 is 3.43. The number of rotatable bonds is 2. The van der Waals surface area contributed by atoms with Gasteiger partial charge in [0.15, 0.2) is 5.75 Å². The Bertz CT molecular complexity index is 508. The van der Waals surface area contributed by atoms with Gasteiger partial charge in [-0.2, -0.15) is 0 Å². The zero-order valence-electron chi connectivity index (χ0n) is 12.6. The SMILES string of the molecule is CC(C)(C)OC(=O)N1CCC(Oc2c(N)cccc2Br)C1. The zero-order valence-corrected chi connectivity index (χ0v) is 14.1. The first-order valence-corrected chi connectivity index (χ1v) is 7.74. The predicted molar refractivity (Wildman–Crippen MR) is 85.4 cm³/mol. The molecule has 1 amide bonds. The number of anilines is 1. The van der Waals surface area contributed by atoms with E-state index in [0.717, 1.165) is 10.9 Å². The van der Waals surface area contributed by atoms with Crippen LogP contribution in [0.1, 0.15) is 27.2 Å². The molecule has 1 saturated heterocycles. The number of hydrogen-bond acceptors (Lipinski definition) is 4. The molecule has 1 aliphatic rings. The molecule has 1 heterocycles. The number of carbonyl (C=O) groups excluding carboxylic acids is 1. The lowest BCUT2D eigenvalue weighted by Crippen LogP contribution is -2.36. The van der Waals surface area contributed by atoms with Gasteiger partial charge in [0, 0.05) is 13.0 Å². The summed E-state index contributed by atoms with van der Waals surface area (Å²) in [5, 5.41) is 0. The van der Waals surface area contributed by atoms with E-state index in [-0.39, 0.29) is 12.2 Å². The first-order valence-electron chi connectivity index (χ1n) is 6.95. The van der Waals surface area contributed by atoms with E-state index in [4.69, 9.17) is 15.2 Å². The Morgan fingerprint density at radius 1 is 1.43 bits per heavy atom. The van der Waals surface area contributed by atoms with E-state index in [2.05, 4.69) is 15.9 Å². The fraction of sp³-hybridized carbons (Fsp3) is 0.533. The monoisotopic (exact) mass is 356 g/mol. The molecular weight excluding hydrogens is 336 g/mol. The van der Waals surface area contributed by atoms with Crippen LogP contribution in [0.25, 0.3) is 0 Å². The second kappa shape index (κ2) is 6.13. The van der Waals surface area contributed by atoms with Crippen molar-refractivity contribution in [2.45, 2.75) is 38.9 Å². The Balaban J connectivity index is 1.95. The van der Waals surface area contributed by atoms with Crippen molar-refractivity contribution in [1.82, 2.24) is 4.90 Å². The minimum absolute atomic E-state index is 0.0708. The van der Waals surface area contributed by atoms with Crippen molar-refractivity contribution in [2.75, 3.05) is 18.8 Å². The number of amides is 1. The molecule has 1 unspecified atom stereocenters. The molecule has 0 saturated carbocycles. The van der Waals surface area contributed by atoms with Crippen molar-refractivity contribution in [3.8, 4) is 5.75 Å². The third-order valence-electron chi connectivity index (χ3n) is 3.08. The predicted octanol–water partition coefficient (Wildman–Crippen LogP) is 3.42. The number of nitrogen functional groups attached to an aromatic ring is 1. The average molecular weight is 357 g/mol. The minimum atomic E-state index is -0.483. The van der Waals surface area contributed by atoms with E-state index in [0.29, 0.717) is 24.5 Å². The first-order chi connectivity index (χ1) is 9.76. The van der Waals surface area contributed by atoms with Crippen molar-refractivity contribution >= 4 is 27.7 Å². The van der Waals surface area contributed by atoms with Gasteiger partial charge in [-0.15, -0.1) is 0 Å². The summed E-state index contributed by atoms with van der Waals surface area (Å²) in [7, 11) is 0. The molecule has 0 radical (unpaired) electrons. The molecule has 1 atom stereocenters. The standard InChI is InChI=1S/C15H21BrN2O3/c1-15(2,3)21-14(19)18-8-7-10(9-18)20-13-11(16)5-4-6-12(13)17/h4-6,10H,7-9,17H2,1-3H3. The number of ether oxygens (including phenoxy) is 2. The highest BCUT2D eigenvalue weighted by molar-refractivity contribution is 9.10. The molecule has 0 aromatic heterocycles. The molecule has 116 valence electrons. The lowest BCUT2D eigenvalue weighted by molar-refractivity contribution is 0.0276. The van der Waals surface area contributed by atoms with Crippen molar-refractivity contribution in [3.63, 3.8) is 0 Å². The molecule has 0 spiro atoms. The van der Waals surface area contributed by atoms with E-state index in [1.54, 1.807) is 11.0 Å². The van der Waals surface area contributed by atoms with Crippen molar-refractivity contribution in [3.05, 3.63) is 22.7 Å². The molecule has 0 aliphatic carbocycles. The fourth-order valence-corrected chi connectivity index (χ4v) is 2.61. The van der Waals surface area contributed by atoms with Crippen LogP contribution in [-0.2, 0) is 4.74 Å². The highest BCUT2D eigenvalue weighted by Crippen LogP contribution is 2.33. The molecule has 6 heteroatoms. The maximum absolute atomic E-state index is 12.0. The Morgan fingerprint density at radius 2 is 2.14 bits per heavy atom. The average Bonchev–Trinajstić information content (AvgIpc) is 2.80. The van der Waals surface area contributed by atoms with Gasteiger partial charge < -0.3 is 20.1 Å². The van der Waals surface area contributed by atoms with Gasteiger partial charge >= 0.3 is 6.09 Å². The van der Waals surface area contributed by atoms with Crippen molar-refractivity contribution < 1.29 is 14.3 Å². The quantitative estimate of drug-likeness (QED) is 0.824. The number of carbonyl (C=O) groups is 1. The van der Waals surface area contributed by atoms with E-state index in [1.165, 1.54) is 0 Å². The van der Waals surface area contributed by atoms with Gasteiger partial charge in [0.2, 0.25) is 0 Å². The van der Waals surface area contributed by atoms with Crippen LogP contribution in [0.15, 0.2) is 22.7 Å². The molecule has 2 N–H and O–H groups in total. The van der Waals surface area contributed by atoms with Crippen LogP contribution >= 0.6 is 15.9 Å². The number of para-hydroxylation sites is 1. The molecule has 1 aromatic carbocycles. The summed E-state index contributed by atoms with van der Waals surface area (Å²) in [6.45, 7) is 6.71. The van der Waals surface area contributed by atoms with Gasteiger partial charge in [-0.25, -0.2) is 4.79 Å². The highest BCUT2D eigenvalue weighted by atomic mass is 79.9. The van der Waals surface area contributed by atoms with Gasteiger partial charge in [0.1, 0.15) is 11.7 Å². The van der Waals surface area contributed by atoms with Crippen LogP contribution in [0.2, 0.25) is 0 Å². The summed E-state index contributed by atoms with van der Waals surface area (Å²) in [6, 6.07) is 5.53. The molecule has 2 rings (SSSR count). The molecule has 1 aromatic rings. The number of hydrogen-bond donors (Lipinski definition) is 1. The fourth-order valence-electron chi connectivity index (χ4n) is 2.13. The van der Waals surface area contributed by atoms with E-state index < -0.39 is 5.60 Å². The lowest BCUT2D eigenvalue weighted by atomic mass is 10.2. The zero-order chi connectivity index (χ0) is 15.6. The topological polar surface area (TPSA) is 64.8 Å². The maximum atomic E-state index is 12.0.